The number of H-pyrrole nitrogens is 1. The van der Waals surface area contributed by atoms with Crippen LogP contribution in [0.5, 0.6) is 17.2 Å². The number of aromatic amines is 1. The van der Waals surface area contributed by atoms with Gasteiger partial charge >= 0.3 is 12.6 Å². The SMILES string of the molecule is COc1ccc(C2(C(=O)OC(Cc3c(Cl)c[nH]c(=O)c3Cl)c3ccc(OC(F)F)c(OCC4CC4)c3)CC2)cc1N(C)CC1CC1. The number of alkyl halides is 2. The summed E-state index contributed by atoms with van der Waals surface area (Å²) in [6.45, 7) is -1.81. The zero-order chi connectivity index (χ0) is 32.6. The Labute approximate surface area is 275 Å². The number of anilines is 1. The topological polar surface area (TPSA) is 90.1 Å². The Bertz CT molecular complexity index is 1660. The van der Waals surface area contributed by atoms with Crippen LogP contribution in [0.1, 0.15) is 61.3 Å². The van der Waals surface area contributed by atoms with Crippen molar-refractivity contribution < 1.29 is 32.5 Å². The summed E-state index contributed by atoms with van der Waals surface area (Å²) in [5.74, 6) is 1.24. The summed E-state index contributed by atoms with van der Waals surface area (Å²) in [5, 5.41) is 0.0594. The van der Waals surface area contributed by atoms with Crippen LogP contribution < -0.4 is 24.7 Å². The Kier molecular flexibility index (Phi) is 9.39. The maximum atomic E-state index is 14.1. The van der Waals surface area contributed by atoms with Crippen molar-refractivity contribution in [2.45, 2.75) is 63.1 Å². The van der Waals surface area contributed by atoms with E-state index in [1.807, 2.05) is 25.2 Å². The van der Waals surface area contributed by atoms with Gasteiger partial charge in [-0.1, -0.05) is 35.3 Å². The van der Waals surface area contributed by atoms with Crippen molar-refractivity contribution in [2.75, 3.05) is 32.2 Å². The second kappa shape index (κ2) is 13.3. The normalized spacial score (nSPS) is 17.4. The lowest BCUT2D eigenvalue weighted by atomic mass is 9.94. The van der Waals surface area contributed by atoms with Crippen molar-refractivity contribution in [2.24, 2.45) is 11.8 Å². The lowest BCUT2D eigenvalue weighted by Crippen LogP contribution is -2.27. The van der Waals surface area contributed by atoms with Crippen molar-refractivity contribution in [3.63, 3.8) is 0 Å². The number of rotatable bonds is 15. The maximum absolute atomic E-state index is 14.1. The first-order valence-electron chi connectivity index (χ1n) is 15.5. The molecule has 0 radical (unpaired) electrons. The Morgan fingerprint density at radius 1 is 1.04 bits per heavy atom. The standard InChI is InChI=1S/C34H36Cl2F2N2O6/c1-40(17-19-3-4-19)25-14-22(8-10-26(25)43-2)34(11-12-34)32(42)45-28(15-23-24(35)16-39-31(41)30(23)36)21-7-9-27(46-33(37)38)29(13-21)44-18-20-5-6-20/h7-10,13-14,16,19-20,28,33H,3-6,11-12,15,17-18H2,1-2H3,(H,39,41). The minimum absolute atomic E-state index is 0.0431. The zero-order valence-electron chi connectivity index (χ0n) is 25.6. The summed E-state index contributed by atoms with van der Waals surface area (Å²) in [6.07, 6.45) is 5.86. The molecule has 0 spiro atoms. The molecule has 12 heteroatoms. The smallest absolute Gasteiger partial charge is 0.387 e. The number of halogens is 4. The average molecular weight is 678 g/mol. The van der Waals surface area contributed by atoms with Gasteiger partial charge in [-0.3, -0.25) is 9.59 Å². The maximum Gasteiger partial charge on any atom is 0.387 e. The fourth-order valence-corrected chi connectivity index (χ4v) is 6.20. The summed E-state index contributed by atoms with van der Waals surface area (Å²) < 4.78 is 49.0. The third-order valence-corrected chi connectivity index (χ3v) is 9.70. The zero-order valence-corrected chi connectivity index (χ0v) is 27.1. The van der Waals surface area contributed by atoms with Crippen LogP contribution in [0.3, 0.4) is 0 Å². The van der Waals surface area contributed by atoms with Crippen LogP contribution in [0.15, 0.2) is 47.4 Å². The molecule has 3 aliphatic carbocycles. The molecule has 0 amide bonds. The van der Waals surface area contributed by atoms with E-state index in [0.29, 0.717) is 36.8 Å². The second-order valence-corrected chi connectivity index (χ2v) is 13.3. The number of nitrogens with one attached hydrogen (secondary N) is 1. The van der Waals surface area contributed by atoms with Gasteiger partial charge in [0.05, 0.1) is 29.8 Å². The minimum atomic E-state index is -3.05. The first-order chi connectivity index (χ1) is 22.1. The number of benzene rings is 2. The van der Waals surface area contributed by atoms with Gasteiger partial charge in [-0.2, -0.15) is 8.78 Å². The molecule has 246 valence electrons. The average Bonchev–Trinajstić information content (AvgIpc) is 3.89. The van der Waals surface area contributed by atoms with Gasteiger partial charge in [-0.15, -0.1) is 0 Å². The van der Waals surface area contributed by atoms with E-state index in [1.54, 1.807) is 7.11 Å². The summed E-state index contributed by atoms with van der Waals surface area (Å²) in [6, 6.07) is 10.2. The molecular formula is C34H36Cl2F2N2O6. The molecule has 46 heavy (non-hydrogen) atoms. The summed E-state index contributed by atoms with van der Waals surface area (Å²) in [7, 11) is 3.65. The van der Waals surface area contributed by atoms with Gasteiger partial charge in [0.1, 0.15) is 16.9 Å². The number of esters is 1. The predicted octanol–water partition coefficient (Wildman–Crippen LogP) is 7.49. The van der Waals surface area contributed by atoms with Crippen molar-refractivity contribution in [3.8, 4) is 17.2 Å². The van der Waals surface area contributed by atoms with E-state index >= 15 is 0 Å². The lowest BCUT2D eigenvalue weighted by molar-refractivity contribution is -0.152. The number of hydrogen-bond donors (Lipinski definition) is 1. The fraction of sp³-hybridized carbons (Fsp3) is 0.471. The monoisotopic (exact) mass is 676 g/mol. The van der Waals surface area contributed by atoms with Crippen molar-refractivity contribution >= 4 is 34.9 Å². The number of pyridine rings is 1. The van der Waals surface area contributed by atoms with Crippen LogP contribution in [0.25, 0.3) is 0 Å². The molecule has 0 saturated heterocycles. The molecule has 3 saturated carbocycles. The molecular weight excluding hydrogens is 641 g/mol. The van der Waals surface area contributed by atoms with Gasteiger partial charge in [-0.05, 0) is 85.8 Å². The first-order valence-corrected chi connectivity index (χ1v) is 16.2. The molecule has 3 fully saturated rings. The Balaban J connectivity index is 1.33. The van der Waals surface area contributed by atoms with Gasteiger partial charge in [0.15, 0.2) is 11.5 Å². The van der Waals surface area contributed by atoms with E-state index in [9.17, 15) is 18.4 Å². The number of nitrogens with zero attached hydrogens (tertiary/aromatic N) is 1. The highest BCUT2D eigenvalue weighted by atomic mass is 35.5. The number of ether oxygens (including phenoxy) is 4. The van der Waals surface area contributed by atoms with Gasteiger partial charge in [0.2, 0.25) is 0 Å². The number of carbonyl (C=O) groups is 1. The van der Waals surface area contributed by atoms with E-state index < -0.39 is 29.7 Å². The molecule has 3 aromatic rings. The Morgan fingerprint density at radius 2 is 1.76 bits per heavy atom. The number of aromatic nitrogens is 1. The van der Waals surface area contributed by atoms with Gasteiger partial charge in [0.25, 0.3) is 5.56 Å². The number of hydrogen-bond acceptors (Lipinski definition) is 7. The summed E-state index contributed by atoms with van der Waals surface area (Å²) in [5.41, 5.74) is 1.03. The van der Waals surface area contributed by atoms with Crippen molar-refractivity contribution in [3.05, 3.63) is 79.7 Å². The van der Waals surface area contributed by atoms with Crippen LogP contribution in [-0.2, 0) is 21.4 Å². The highest BCUT2D eigenvalue weighted by molar-refractivity contribution is 6.35. The van der Waals surface area contributed by atoms with Crippen LogP contribution in [0.4, 0.5) is 14.5 Å². The molecule has 0 bridgehead atoms. The number of carbonyl (C=O) groups excluding carboxylic acids is 1. The molecule has 0 aliphatic heterocycles. The fourth-order valence-electron chi connectivity index (χ4n) is 5.69. The van der Waals surface area contributed by atoms with Crippen LogP contribution in [0, 0.1) is 11.8 Å². The highest BCUT2D eigenvalue weighted by Crippen LogP contribution is 2.52. The van der Waals surface area contributed by atoms with Gasteiger partial charge in [-0.25, -0.2) is 0 Å². The van der Waals surface area contributed by atoms with E-state index in [4.69, 9.17) is 42.1 Å². The molecule has 1 atom stereocenters. The van der Waals surface area contributed by atoms with E-state index in [-0.39, 0.29) is 33.5 Å². The first kappa shape index (κ1) is 32.4. The molecule has 1 aromatic heterocycles. The molecule has 1 N–H and O–H groups in total. The van der Waals surface area contributed by atoms with Crippen LogP contribution >= 0.6 is 23.2 Å². The molecule has 1 heterocycles. The molecule has 1 unspecified atom stereocenters. The largest absolute Gasteiger partial charge is 0.495 e. The predicted molar refractivity (Wildman–Crippen MR) is 171 cm³/mol. The molecule has 3 aliphatic rings. The second-order valence-electron chi connectivity index (χ2n) is 12.5. The number of methoxy groups -OCH3 is 1. The quantitative estimate of drug-likeness (QED) is 0.167. The van der Waals surface area contributed by atoms with Gasteiger partial charge in [0, 0.05) is 31.8 Å². The van der Waals surface area contributed by atoms with E-state index in [2.05, 4.69) is 9.88 Å². The third-order valence-electron chi connectivity index (χ3n) is 8.96. The van der Waals surface area contributed by atoms with Crippen molar-refractivity contribution in [1.82, 2.24) is 4.98 Å². The minimum Gasteiger partial charge on any atom is -0.495 e. The van der Waals surface area contributed by atoms with E-state index in [0.717, 1.165) is 36.4 Å². The Morgan fingerprint density at radius 3 is 2.41 bits per heavy atom. The van der Waals surface area contributed by atoms with Crippen LogP contribution in [0.2, 0.25) is 10.0 Å². The van der Waals surface area contributed by atoms with Gasteiger partial charge < -0.3 is 28.8 Å². The molecule has 8 nitrogen and oxygen atoms in total. The summed E-state index contributed by atoms with van der Waals surface area (Å²) in [4.78, 5) is 31.1. The molecule has 2 aromatic carbocycles. The highest BCUT2D eigenvalue weighted by Gasteiger charge is 2.54. The van der Waals surface area contributed by atoms with E-state index in [1.165, 1.54) is 37.2 Å². The molecule has 6 rings (SSSR count). The third kappa shape index (κ3) is 7.23. The Hall–Kier alpha value is -3.50. The van der Waals surface area contributed by atoms with Crippen molar-refractivity contribution in [1.29, 1.82) is 0 Å². The summed E-state index contributed by atoms with van der Waals surface area (Å²) >= 11 is 12.8. The lowest BCUT2D eigenvalue weighted by Gasteiger charge is -2.26. The van der Waals surface area contributed by atoms with Crippen LogP contribution in [-0.4, -0.2) is 44.9 Å².